The van der Waals surface area contributed by atoms with Gasteiger partial charge in [0.05, 0.1) is 0 Å². The molecule has 1 aromatic carbocycles. The number of rotatable bonds is 6. The molecule has 0 aliphatic rings. The molecular formula is C18H16ClN5O. The number of nitrogens with one attached hydrogen (secondary N) is 2. The van der Waals surface area contributed by atoms with Gasteiger partial charge in [-0.1, -0.05) is 29.8 Å². The molecule has 0 aliphatic carbocycles. The normalized spacial score (nSPS) is 10.3. The Morgan fingerprint density at radius 3 is 2.48 bits per heavy atom. The van der Waals surface area contributed by atoms with Crippen LogP contribution in [0.25, 0.3) is 0 Å². The first-order valence-electron chi connectivity index (χ1n) is 7.70. The molecule has 0 spiro atoms. The van der Waals surface area contributed by atoms with Crippen LogP contribution in [-0.2, 0) is 13.1 Å². The van der Waals surface area contributed by atoms with Gasteiger partial charge >= 0.3 is 0 Å². The van der Waals surface area contributed by atoms with Gasteiger partial charge < -0.3 is 10.6 Å². The first-order chi connectivity index (χ1) is 12.2. The maximum atomic E-state index is 12.1. The van der Waals surface area contributed by atoms with Crippen molar-refractivity contribution in [2.24, 2.45) is 0 Å². The number of nitrogens with zero attached hydrogens (tertiary/aromatic N) is 3. The molecular weight excluding hydrogens is 338 g/mol. The maximum absolute atomic E-state index is 12.1. The summed E-state index contributed by atoms with van der Waals surface area (Å²) in [6, 6.07) is 14.5. The molecule has 2 aromatic heterocycles. The number of hydrogen-bond acceptors (Lipinski definition) is 5. The number of amides is 1. The van der Waals surface area contributed by atoms with Gasteiger partial charge in [0, 0.05) is 30.5 Å². The summed E-state index contributed by atoms with van der Waals surface area (Å²) in [5.74, 6) is 0.319. The van der Waals surface area contributed by atoms with Gasteiger partial charge in [-0.05, 0) is 41.5 Å². The molecule has 0 radical (unpaired) electrons. The predicted molar refractivity (Wildman–Crippen MR) is 96.2 cm³/mol. The summed E-state index contributed by atoms with van der Waals surface area (Å²) in [4.78, 5) is 16.2. The van der Waals surface area contributed by atoms with E-state index >= 15 is 0 Å². The van der Waals surface area contributed by atoms with Gasteiger partial charge in [-0.25, -0.2) is 0 Å². The van der Waals surface area contributed by atoms with Crippen molar-refractivity contribution >= 4 is 23.3 Å². The van der Waals surface area contributed by atoms with E-state index in [2.05, 4.69) is 25.8 Å². The second-order valence-electron chi connectivity index (χ2n) is 5.33. The summed E-state index contributed by atoms with van der Waals surface area (Å²) in [6.07, 6.45) is 3.50. The van der Waals surface area contributed by atoms with Crippen LogP contribution in [0.1, 0.15) is 21.6 Å². The molecule has 0 saturated heterocycles. The number of benzene rings is 1. The molecule has 3 rings (SSSR count). The van der Waals surface area contributed by atoms with Crippen molar-refractivity contribution in [3.05, 3.63) is 82.8 Å². The van der Waals surface area contributed by atoms with Gasteiger partial charge in [0.2, 0.25) is 0 Å². The molecule has 25 heavy (non-hydrogen) atoms. The fourth-order valence-corrected chi connectivity index (χ4v) is 2.24. The fraction of sp³-hybridized carbons (Fsp3) is 0.111. The highest BCUT2D eigenvalue weighted by atomic mass is 35.5. The van der Waals surface area contributed by atoms with E-state index in [0.29, 0.717) is 23.9 Å². The average Bonchev–Trinajstić information content (AvgIpc) is 2.67. The second-order valence-corrected chi connectivity index (χ2v) is 5.76. The SMILES string of the molecule is O=C(NCc1ccc(Cl)cc1)c1ccc(NCc2cccnc2)nn1. The monoisotopic (exact) mass is 353 g/mol. The molecule has 0 aliphatic heterocycles. The standard InChI is InChI=1S/C18H16ClN5O/c19-15-5-3-13(4-6-15)11-22-18(25)16-7-8-17(24-23-16)21-12-14-2-1-9-20-10-14/h1-10H,11-12H2,(H,21,24)(H,22,25). The van der Waals surface area contributed by atoms with Crippen LogP contribution in [0.15, 0.2) is 60.9 Å². The molecule has 0 atom stereocenters. The molecule has 0 bridgehead atoms. The highest BCUT2D eigenvalue weighted by Gasteiger charge is 2.08. The number of aromatic nitrogens is 3. The molecule has 2 N–H and O–H groups in total. The third-order valence-corrected chi connectivity index (χ3v) is 3.71. The van der Waals surface area contributed by atoms with Crippen molar-refractivity contribution in [3.63, 3.8) is 0 Å². The summed E-state index contributed by atoms with van der Waals surface area (Å²) < 4.78 is 0. The Balaban J connectivity index is 1.52. The van der Waals surface area contributed by atoms with Crippen molar-refractivity contribution in [2.45, 2.75) is 13.1 Å². The van der Waals surface area contributed by atoms with Gasteiger partial charge in [-0.3, -0.25) is 9.78 Å². The Labute approximate surface area is 150 Å². The molecule has 0 saturated carbocycles. The average molecular weight is 354 g/mol. The number of halogens is 1. The van der Waals surface area contributed by atoms with Crippen LogP contribution in [0.5, 0.6) is 0 Å². The molecule has 3 aromatic rings. The van der Waals surface area contributed by atoms with E-state index in [4.69, 9.17) is 11.6 Å². The lowest BCUT2D eigenvalue weighted by molar-refractivity contribution is 0.0945. The van der Waals surface area contributed by atoms with Crippen molar-refractivity contribution in [2.75, 3.05) is 5.32 Å². The zero-order valence-electron chi connectivity index (χ0n) is 13.3. The van der Waals surface area contributed by atoms with E-state index in [-0.39, 0.29) is 11.6 Å². The predicted octanol–water partition coefficient (Wildman–Crippen LogP) is 3.07. The summed E-state index contributed by atoms with van der Waals surface area (Å²) in [5.41, 5.74) is 2.26. The van der Waals surface area contributed by atoms with Gasteiger partial charge in [-0.15, -0.1) is 10.2 Å². The lowest BCUT2D eigenvalue weighted by Gasteiger charge is -2.07. The van der Waals surface area contributed by atoms with Crippen LogP contribution in [0, 0.1) is 0 Å². The van der Waals surface area contributed by atoms with Gasteiger partial charge in [0.1, 0.15) is 5.82 Å². The Kier molecular flexibility index (Phi) is 5.53. The zero-order chi connectivity index (χ0) is 17.5. The molecule has 0 fully saturated rings. The number of anilines is 1. The molecule has 6 nitrogen and oxygen atoms in total. The molecule has 7 heteroatoms. The number of pyridine rings is 1. The Bertz CT molecular complexity index is 822. The third-order valence-electron chi connectivity index (χ3n) is 3.46. The highest BCUT2D eigenvalue weighted by molar-refractivity contribution is 6.30. The minimum Gasteiger partial charge on any atom is -0.364 e. The van der Waals surface area contributed by atoms with Crippen molar-refractivity contribution in [3.8, 4) is 0 Å². The van der Waals surface area contributed by atoms with Crippen LogP contribution < -0.4 is 10.6 Å². The number of hydrogen-bond donors (Lipinski definition) is 2. The van der Waals surface area contributed by atoms with E-state index in [9.17, 15) is 4.79 Å². The summed E-state index contributed by atoms with van der Waals surface area (Å²) >= 11 is 5.83. The largest absolute Gasteiger partial charge is 0.364 e. The maximum Gasteiger partial charge on any atom is 0.272 e. The zero-order valence-corrected chi connectivity index (χ0v) is 14.1. The molecule has 2 heterocycles. The number of carbonyl (C=O) groups excluding carboxylic acids is 1. The summed E-state index contributed by atoms with van der Waals surface area (Å²) in [7, 11) is 0. The van der Waals surface area contributed by atoms with E-state index in [0.717, 1.165) is 11.1 Å². The van der Waals surface area contributed by atoms with Gasteiger partial charge in [0.25, 0.3) is 5.91 Å². The van der Waals surface area contributed by atoms with Crippen molar-refractivity contribution in [1.29, 1.82) is 0 Å². The Morgan fingerprint density at radius 2 is 1.80 bits per heavy atom. The quantitative estimate of drug-likeness (QED) is 0.712. The van der Waals surface area contributed by atoms with Crippen molar-refractivity contribution in [1.82, 2.24) is 20.5 Å². The minimum absolute atomic E-state index is 0.265. The second kappa shape index (κ2) is 8.21. The highest BCUT2D eigenvalue weighted by Crippen LogP contribution is 2.09. The van der Waals surface area contributed by atoms with Gasteiger partial charge in [0.15, 0.2) is 5.69 Å². The van der Waals surface area contributed by atoms with E-state index in [1.165, 1.54) is 0 Å². The third kappa shape index (κ3) is 4.99. The first-order valence-corrected chi connectivity index (χ1v) is 8.07. The lowest BCUT2D eigenvalue weighted by Crippen LogP contribution is -2.24. The van der Waals surface area contributed by atoms with Crippen LogP contribution in [0.2, 0.25) is 5.02 Å². The van der Waals surface area contributed by atoms with E-state index in [1.807, 2.05) is 24.3 Å². The van der Waals surface area contributed by atoms with E-state index < -0.39 is 0 Å². The first kappa shape index (κ1) is 16.9. The summed E-state index contributed by atoms with van der Waals surface area (Å²) in [6.45, 7) is 0.989. The topological polar surface area (TPSA) is 79.8 Å². The minimum atomic E-state index is -0.277. The van der Waals surface area contributed by atoms with Gasteiger partial charge in [-0.2, -0.15) is 0 Å². The molecule has 0 unspecified atom stereocenters. The van der Waals surface area contributed by atoms with Crippen molar-refractivity contribution < 1.29 is 4.79 Å². The van der Waals surface area contributed by atoms with Crippen LogP contribution in [0.3, 0.4) is 0 Å². The summed E-state index contributed by atoms with van der Waals surface area (Å²) in [5, 5.41) is 14.6. The number of carbonyl (C=O) groups is 1. The smallest absolute Gasteiger partial charge is 0.272 e. The van der Waals surface area contributed by atoms with Crippen LogP contribution in [-0.4, -0.2) is 21.1 Å². The Morgan fingerprint density at radius 1 is 0.960 bits per heavy atom. The van der Waals surface area contributed by atoms with Crippen LogP contribution in [0.4, 0.5) is 5.82 Å². The lowest BCUT2D eigenvalue weighted by atomic mass is 10.2. The van der Waals surface area contributed by atoms with E-state index in [1.54, 1.807) is 36.7 Å². The molecule has 1 amide bonds. The Hall–Kier alpha value is -2.99. The van der Waals surface area contributed by atoms with Crippen LogP contribution >= 0.6 is 11.6 Å². The molecule has 126 valence electrons. The fourth-order valence-electron chi connectivity index (χ4n) is 2.12.